The Morgan fingerprint density at radius 3 is 2.68 bits per heavy atom. The first-order chi connectivity index (χ1) is 15.3. The molecule has 0 spiro atoms. The molecule has 4 aromatic rings. The fourth-order valence-corrected chi connectivity index (χ4v) is 4.23. The second-order valence-corrected chi connectivity index (χ2v) is 8.00. The minimum Gasteiger partial charge on any atom is -0.378 e. The quantitative estimate of drug-likeness (QED) is 0.484. The molecule has 1 aliphatic rings. The number of benzene rings is 2. The molecular weight excluding hydrogens is 410 g/mol. The van der Waals surface area contributed by atoms with Crippen LogP contribution >= 0.6 is 11.3 Å². The molecule has 1 saturated heterocycles. The van der Waals surface area contributed by atoms with Crippen molar-refractivity contribution in [1.29, 1.82) is 0 Å². The normalized spacial score (nSPS) is 13.9. The Bertz CT molecular complexity index is 1200. The van der Waals surface area contributed by atoms with Crippen LogP contribution in [0.4, 0.5) is 22.2 Å². The zero-order chi connectivity index (χ0) is 21.0. The number of hydrogen-bond donors (Lipinski definition) is 2. The number of aromatic nitrogens is 2. The molecule has 156 valence electrons. The van der Waals surface area contributed by atoms with Crippen molar-refractivity contribution in [3.8, 4) is 0 Å². The molecule has 0 atom stereocenters. The highest BCUT2D eigenvalue weighted by molar-refractivity contribution is 7.14. The lowest BCUT2D eigenvalue weighted by Crippen LogP contribution is -2.36. The van der Waals surface area contributed by atoms with Gasteiger partial charge in [-0.2, -0.15) is 0 Å². The highest BCUT2D eigenvalue weighted by atomic mass is 32.1. The second-order valence-electron chi connectivity index (χ2n) is 7.14. The summed E-state index contributed by atoms with van der Waals surface area (Å²) in [6, 6.07) is 17.7. The number of nitrogens with zero attached hydrogens (tertiary/aromatic N) is 3. The zero-order valence-electron chi connectivity index (χ0n) is 16.7. The summed E-state index contributed by atoms with van der Waals surface area (Å²) in [5.74, 6) is -0.237. The van der Waals surface area contributed by atoms with E-state index in [1.807, 2.05) is 54.6 Å². The molecule has 1 aliphatic heterocycles. The van der Waals surface area contributed by atoms with Gasteiger partial charge in [0.25, 0.3) is 5.91 Å². The maximum Gasteiger partial charge on any atom is 0.275 e. The highest BCUT2D eigenvalue weighted by Gasteiger charge is 2.14. The Labute approximate surface area is 183 Å². The number of rotatable bonds is 5. The number of amides is 1. The van der Waals surface area contributed by atoms with Crippen LogP contribution in [0.3, 0.4) is 0 Å². The summed E-state index contributed by atoms with van der Waals surface area (Å²) in [7, 11) is 0. The van der Waals surface area contributed by atoms with Crippen LogP contribution in [0.25, 0.3) is 10.9 Å². The summed E-state index contributed by atoms with van der Waals surface area (Å²) < 4.78 is 5.39. The molecule has 0 unspecified atom stereocenters. The molecule has 31 heavy (non-hydrogen) atoms. The number of carbonyl (C=O) groups is 1. The van der Waals surface area contributed by atoms with Gasteiger partial charge < -0.3 is 20.3 Å². The van der Waals surface area contributed by atoms with Gasteiger partial charge in [0.05, 0.1) is 24.4 Å². The molecule has 0 aliphatic carbocycles. The van der Waals surface area contributed by atoms with E-state index in [9.17, 15) is 4.79 Å². The summed E-state index contributed by atoms with van der Waals surface area (Å²) in [6.45, 7) is 3.25. The minimum atomic E-state index is -0.237. The standard InChI is InChI=1S/C23H21N5O2S/c29-22(25-17-6-8-18(9-7-17)28-11-13-30-14-12-28)20-15-31-23(27-20)26-19-5-1-3-16-4-2-10-24-21(16)19/h1-10,15H,11-14H2,(H,25,29)(H,26,27). The Morgan fingerprint density at radius 1 is 1.03 bits per heavy atom. The van der Waals surface area contributed by atoms with E-state index in [1.54, 1.807) is 11.6 Å². The predicted octanol–water partition coefficient (Wildman–Crippen LogP) is 4.52. The molecule has 2 aromatic heterocycles. The number of ether oxygens (including phenoxy) is 1. The molecule has 1 amide bonds. The van der Waals surface area contributed by atoms with E-state index in [1.165, 1.54) is 11.3 Å². The summed E-state index contributed by atoms with van der Waals surface area (Å²) in [5, 5.41) is 9.63. The first-order valence-electron chi connectivity index (χ1n) is 10.1. The number of fused-ring (bicyclic) bond motifs is 1. The fourth-order valence-electron chi connectivity index (χ4n) is 3.53. The van der Waals surface area contributed by atoms with Gasteiger partial charge in [0.1, 0.15) is 5.69 Å². The van der Waals surface area contributed by atoms with Crippen LogP contribution in [0.5, 0.6) is 0 Å². The summed E-state index contributed by atoms with van der Waals surface area (Å²) in [4.78, 5) is 23.8. The molecule has 0 bridgehead atoms. The van der Waals surface area contributed by atoms with Gasteiger partial charge in [-0.05, 0) is 36.4 Å². The molecule has 2 aromatic carbocycles. The van der Waals surface area contributed by atoms with Crippen LogP contribution in [-0.4, -0.2) is 42.2 Å². The minimum absolute atomic E-state index is 0.237. The van der Waals surface area contributed by atoms with Crippen LogP contribution < -0.4 is 15.5 Å². The average molecular weight is 432 g/mol. The Hall–Kier alpha value is -3.49. The number of morpholine rings is 1. The van der Waals surface area contributed by atoms with Gasteiger partial charge in [0, 0.05) is 41.4 Å². The SMILES string of the molecule is O=C(Nc1ccc(N2CCOCC2)cc1)c1csc(Nc2cccc3cccnc23)n1. The predicted molar refractivity (Wildman–Crippen MR) is 125 cm³/mol. The van der Waals surface area contributed by atoms with Crippen molar-refractivity contribution in [2.24, 2.45) is 0 Å². The Kier molecular flexibility index (Phi) is 5.47. The summed E-state index contributed by atoms with van der Waals surface area (Å²) >= 11 is 1.38. The van der Waals surface area contributed by atoms with Crippen LogP contribution in [0.15, 0.2) is 66.2 Å². The number of thiazole rings is 1. The number of nitrogens with one attached hydrogen (secondary N) is 2. The van der Waals surface area contributed by atoms with E-state index in [-0.39, 0.29) is 5.91 Å². The topological polar surface area (TPSA) is 79.4 Å². The highest BCUT2D eigenvalue weighted by Crippen LogP contribution is 2.27. The average Bonchev–Trinajstić information content (AvgIpc) is 3.29. The lowest BCUT2D eigenvalue weighted by molar-refractivity contribution is 0.102. The Balaban J connectivity index is 1.26. The number of hydrogen-bond acceptors (Lipinski definition) is 7. The number of anilines is 4. The van der Waals surface area contributed by atoms with Gasteiger partial charge in [-0.15, -0.1) is 11.3 Å². The van der Waals surface area contributed by atoms with Crippen LogP contribution in [0.2, 0.25) is 0 Å². The molecule has 0 saturated carbocycles. The molecule has 2 N–H and O–H groups in total. The molecule has 0 radical (unpaired) electrons. The van der Waals surface area contributed by atoms with Crippen molar-refractivity contribution >= 4 is 50.3 Å². The van der Waals surface area contributed by atoms with Crippen molar-refractivity contribution in [1.82, 2.24) is 9.97 Å². The van der Waals surface area contributed by atoms with E-state index in [2.05, 4.69) is 25.5 Å². The molecule has 7 nitrogen and oxygen atoms in total. The fraction of sp³-hybridized carbons (Fsp3) is 0.174. The Morgan fingerprint density at radius 2 is 1.84 bits per heavy atom. The van der Waals surface area contributed by atoms with Crippen LogP contribution in [0, 0.1) is 0 Å². The smallest absolute Gasteiger partial charge is 0.275 e. The third-order valence-corrected chi connectivity index (χ3v) is 5.87. The molecular formula is C23H21N5O2S. The van der Waals surface area contributed by atoms with Gasteiger partial charge in [0.15, 0.2) is 5.13 Å². The number of carbonyl (C=O) groups excluding carboxylic acids is 1. The van der Waals surface area contributed by atoms with Gasteiger partial charge >= 0.3 is 0 Å². The lowest BCUT2D eigenvalue weighted by atomic mass is 10.2. The van der Waals surface area contributed by atoms with E-state index >= 15 is 0 Å². The lowest BCUT2D eigenvalue weighted by Gasteiger charge is -2.28. The number of para-hydroxylation sites is 1. The third kappa shape index (κ3) is 4.35. The largest absolute Gasteiger partial charge is 0.378 e. The van der Waals surface area contributed by atoms with Gasteiger partial charge in [0.2, 0.25) is 0 Å². The first-order valence-corrected chi connectivity index (χ1v) is 10.9. The number of pyridine rings is 1. The van der Waals surface area contributed by atoms with E-state index in [0.717, 1.165) is 54.3 Å². The second kappa shape index (κ2) is 8.71. The first kappa shape index (κ1) is 19.5. The molecule has 1 fully saturated rings. The molecule has 8 heteroatoms. The zero-order valence-corrected chi connectivity index (χ0v) is 17.6. The third-order valence-electron chi connectivity index (χ3n) is 5.11. The molecule has 3 heterocycles. The van der Waals surface area contributed by atoms with Crippen LogP contribution in [0.1, 0.15) is 10.5 Å². The van der Waals surface area contributed by atoms with Crippen molar-refractivity contribution < 1.29 is 9.53 Å². The summed E-state index contributed by atoms with van der Waals surface area (Å²) in [5.41, 5.74) is 3.97. The van der Waals surface area contributed by atoms with Crippen molar-refractivity contribution in [3.05, 3.63) is 71.9 Å². The van der Waals surface area contributed by atoms with E-state index < -0.39 is 0 Å². The van der Waals surface area contributed by atoms with Crippen molar-refractivity contribution in [3.63, 3.8) is 0 Å². The summed E-state index contributed by atoms with van der Waals surface area (Å²) in [6.07, 6.45) is 1.76. The monoisotopic (exact) mass is 431 g/mol. The van der Waals surface area contributed by atoms with Crippen molar-refractivity contribution in [2.45, 2.75) is 0 Å². The van der Waals surface area contributed by atoms with Crippen LogP contribution in [-0.2, 0) is 4.74 Å². The van der Waals surface area contributed by atoms with Gasteiger partial charge in [-0.25, -0.2) is 4.98 Å². The van der Waals surface area contributed by atoms with Crippen molar-refractivity contribution in [2.75, 3.05) is 41.8 Å². The maximum absolute atomic E-state index is 12.6. The van der Waals surface area contributed by atoms with E-state index in [4.69, 9.17) is 4.74 Å². The molecule has 5 rings (SSSR count). The van der Waals surface area contributed by atoms with Gasteiger partial charge in [-0.3, -0.25) is 9.78 Å². The maximum atomic E-state index is 12.6. The van der Waals surface area contributed by atoms with Gasteiger partial charge in [-0.1, -0.05) is 18.2 Å². The van der Waals surface area contributed by atoms with E-state index in [0.29, 0.717) is 10.8 Å².